The number of benzene rings is 1. The largest absolute Gasteiger partial charge is 0.497 e. The Hall–Kier alpha value is -1.22. The number of methoxy groups -OCH3 is 1. The Morgan fingerprint density at radius 3 is 2.56 bits per heavy atom. The number of hydrogen-bond acceptors (Lipinski definition) is 2. The van der Waals surface area contributed by atoms with E-state index in [-0.39, 0.29) is 11.8 Å². The molecule has 0 saturated heterocycles. The van der Waals surface area contributed by atoms with Crippen LogP contribution in [0, 0.1) is 5.92 Å². The molecule has 1 aromatic carbocycles. The van der Waals surface area contributed by atoms with Crippen molar-refractivity contribution in [2.75, 3.05) is 13.0 Å². The van der Waals surface area contributed by atoms with Gasteiger partial charge in [0.05, 0.1) is 7.11 Å². The minimum absolute atomic E-state index is 0.0224. The summed E-state index contributed by atoms with van der Waals surface area (Å²) >= 11 is 5.59. The predicted molar refractivity (Wildman–Crippen MR) is 64.7 cm³/mol. The Balaban J connectivity index is 2.45. The van der Waals surface area contributed by atoms with Crippen LogP contribution < -0.4 is 10.1 Å². The summed E-state index contributed by atoms with van der Waals surface area (Å²) in [5, 5.41) is 2.82. The number of amides is 1. The van der Waals surface area contributed by atoms with Crippen molar-refractivity contribution in [3.8, 4) is 5.75 Å². The molecule has 4 heteroatoms. The van der Waals surface area contributed by atoms with Gasteiger partial charge in [-0.1, -0.05) is 19.1 Å². The molecule has 1 atom stereocenters. The summed E-state index contributed by atoms with van der Waals surface area (Å²) in [6, 6.07) is 7.58. The van der Waals surface area contributed by atoms with Crippen molar-refractivity contribution < 1.29 is 9.53 Å². The number of hydrogen-bond donors (Lipinski definition) is 1. The molecule has 1 N–H and O–H groups in total. The van der Waals surface area contributed by atoms with Gasteiger partial charge in [0.2, 0.25) is 5.91 Å². The molecule has 16 heavy (non-hydrogen) atoms. The zero-order valence-corrected chi connectivity index (χ0v) is 10.3. The van der Waals surface area contributed by atoms with Crippen LogP contribution in [0.1, 0.15) is 12.5 Å². The smallest absolute Gasteiger partial charge is 0.224 e. The van der Waals surface area contributed by atoms with Crippen LogP contribution in [0.4, 0.5) is 0 Å². The Labute approximate surface area is 101 Å². The number of ether oxygens (including phenoxy) is 1. The lowest BCUT2D eigenvalue weighted by atomic mass is 10.2. The predicted octanol–water partition coefficient (Wildman–Crippen LogP) is 2.19. The van der Waals surface area contributed by atoms with E-state index in [0.717, 1.165) is 11.3 Å². The second-order valence-corrected chi connectivity index (χ2v) is 3.93. The van der Waals surface area contributed by atoms with Gasteiger partial charge >= 0.3 is 0 Å². The van der Waals surface area contributed by atoms with E-state index < -0.39 is 0 Å². The molecule has 0 aliphatic heterocycles. The number of halogens is 1. The topological polar surface area (TPSA) is 38.3 Å². The minimum atomic E-state index is -0.153. The SMILES string of the molecule is COc1ccc(CNC(=O)C(C)CCl)cc1. The van der Waals surface area contributed by atoms with E-state index in [9.17, 15) is 4.79 Å². The average Bonchev–Trinajstić information content (AvgIpc) is 2.35. The van der Waals surface area contributed by atoms with Crippen LogP contribution in [0.25, 0.3) is 0 Å². The van der Waals surface area contributed by atoms with Gasteiger partial charge in [0.15, 0.2) is 0 Å². The molecule has 0 heterocycles. The summed E-state index contributed by atoms with van der Waals surface area (Å²) in [4.78, 5) is 11.5. The number of rotatable bonds is 5. The molecule has 0 radical (unpaired) electrons. The van der Waals surface area contributed by atoms with Crippen LogP contribution in [0.2, 0.25) is 0 Å². The first-order chi connectivity index (χ1) is 7.67. The zero-order valence-electron chi connectivity index (χ0n) is 9.50. The fourth-order valence-corrected chi connectivity index (χ4v) is 1.32. The molecule has 0 aromatic heterocycles. The minimum Gasteiger partial charge on any atom is -0.497 e. The van der Waals surface area contributed by atoms with E-state index in [1.165, 1.54) is 0 Å². The van der Waals surface area contributed by atoms with Crippen LogP contribution in [0.15, 0.2) is 24.3 Å². The van der Waals surface area contributed by atoms with Gasteiger partial charge in [-0.25, -0.2) is 0 Å². The van der Waals surface area contributed by atoms with Gasteiger partial charge in [-0.3, -0.25) is 4.79 Å². The van der Waals surface area contributed by atoms with E-state index in [4.69, 9.17) is 16.3 Å². The van der Waals surface area contributed by atoms with Gasteiger partial charge in [-0.2, -0.15) is 0 Å². The van der Waals surface area contributed by atoms with Crippen molar-refractivity contribution in [2.45, 2.75) is 13.5 Å². The Kier molecular flexibility index (Phi) is 5.12. The molecule has 0 aliphatic carbocycles. The summed E-state index contributed by atoms with van der Waals surface area (Å²) in [5.41, 5.74) is 1.04. The molecule has 0 saturated carbocycles. The second-order valence-electron chi connectivity index (χ2n) is 3.62. The highest BCUT2D eigenvalue weighted by Gasteiger charge is 2.10. The fourth-order valence-electron chi connectivity index (χ4n) is 1.18. The Morgan fingerprint density at radius 1 is 1.44 bits per heavy atom. The van der Waals surface area contributed by atoms with Crippen molar-refractivity contribution in [3.05, 3.63) is 29.8 Å². The Morgan fingerprint density at radius 2 is 2.06 bits per heavy atom. The van der Waals surface area contributed by atoms with Crippen molar-refractivity contribution in [1.82, 2.24) is 5.32 Å². The molecule has 1 amide bonds. The summed E-state index contributed by atoms with van der Waals surface area (Å²) in [6.45, 7) is 2.32. The third-order valence-corrected chi connectivity index (χ3v) is 2.77. The highest BCUT2D eigenvalue weighted by Crippen LogP contribution is 2.11. The highest BCUT2D eigenvalue weighted by molar-refractivity contribution is 6.19. The number of alkyl halides is 1. The van der Waals surface area contributed by atoms with Crippen LogP contribution in [-0.4, -0.2) is 18.9 Å². The number of carbonyl (C=O) groups excluding carboxylic acids is 1. The van der Waals surface area contributed by atoms with E-state index in [2.05, 4.69) is 5.32 Å². The number of carbonyl (C=O) groups is 1. The average molecular weight is 242 g/mol. The first-order valence-corrected chi connectivity index (χ1v) is 5.67. The fraction of sp³-hybridized carbons (Fsp3) is 0.417. The maximum absolute atomic E-state index is 11.5. The van der Waals surface area contributed by atoms with E-state index in [1.807, 2.05) is 24.3 Å². The maximum Gasteiger partial charge on any atom is 0.224 e. The van der Waals surface area contributed by atoms with Gasteiger partial charge in [0.1, 0.15) is 5.75 Å². The third-order valence-electron chi connectivity index (χ3n) is 2.30. The molecule has 88 valence electrons. The van der Waals surface area contributed by atoms with Crippen LogP contribution >= 0.6 is 11.6 Å². The van der Waals surface area contributed by atoms with Crippen LogP contribution in [-0.2, 0) is 11.3 Å². The van der Waals surface area contributed by atoms with E-state index in [1.54, 1.807) is 14.0 Å². The summed E-state index contributed by atoms with van der Waals surface area (Å²) in [7, 11) is 1.62. The molecule has 1 aromatic rings. The molecular weight excluding hydrogens is 226 g/mol. The molecule has 0 aliphatic rings. The van der Waals surface area contributed by atoms with Gasteiger partial charge in [0.25, 0.3) is 0 Å². The van der Waals surface area contributed by atoms with E-state index >= 15 is 0 Å². The summed E-state index contributed by atoms with van der Waals surface area (Å²) in [5.74, 6) is 0.976. The summed E-state index contributed by atoms with van der Waals surface area (Å²) in [6.07, 6.45) is 0. The second kappa shape index (κ2) is 6.38. The monoisotopic (exact) mass is 241 g/mol. The molecule has 0 fully saturated rings. The van der Waals surface area contributed by atoms with Crippen molar-refractivity contribution in [1.29, 1.82) is 0 Å². The normalized spacial score (nSPS) is 11.9. The van der Waals surface area contributed by atoms with Crippen molar-refractivity contribution >= 4 is 17.5 Å². The van der Waals surface area contributed by atoms with Gasteiger partial charge < -0.3 is 10.1 Å². The van der Waals surface area contributed by atoms with Gasteiger partial charge in [-0.15, -0.1) is 11.6 Å². The third kappa shape index (κ3) is 3.74. The molecule has 0 bridgehead atoms. The van der Waals surface area contributed by atoms with Crippen molar-refractivity contribution in [2.24, 2.45) is 5.92 Å². The molecule has 1 unspecified atom stereocenters. The number of nitrogens with one attached hydrogen (secondary N) is 1. The maximum atomic E-state index is 11.5. The lowest BCUT2D eigenvalue weighted by Gasteiger charge is -2.09. The molecule has 3 nitrogen and oxygen atoms in total. The van der Waals surface area contributed by atoms with Gasteiger partial charge in [-0.05, 0) is 17.7 Å². The van der Waals surface area contributed by atoms with Crippen LogP contribution in [0.5, 0.6) is 5.75 Å². The standard InChI is InChI=1S/C12H16ClNO2/c1-9(7-13)12(15)14-8-10-3-5-11(16-2)6-4-10/h3-6,9H,7-8H2,1-2H3,(H,14,15). The van der Waals surface area contributed by atoms with Crippen molar-refractivity contribution in [3.63, 3.8) is 0 Å². The van der Waals surface area contributed by atoms with Gasteiger partial charge in [0, 0.05) is 18.3 Å². The molecule has 0 spiro atoms. The first-order valence-electron chi connectivity index (χ1n) is 5.14. The lowest BCUT2D eigenvalue weighted by Crippen LogP contribution is -2.29. The zero-order chi connectivity index (χ0) is 12.0. The molecule has 1 rings (SSSR count). The van der Waals surface area contributed by atoms with Crippen LogP contribution in [0.3, 0.4) is 0 Å². The molecular formula is C12H16ClNO2. The first kappa shape index (κ1) is 12.8. The highest BCUT2D eigenvalue weighted by atomic mass is 35.5. The summed E-state index contributed by atoms with van der Waals surface area (Å²) < 4.78 is 5.05. The Bertz CT molecular complexity index is 337. The lowest BCUT2D eigenvalue weighted by molar-refractivity contribution is -0.124. The quantitative estimate of drug-likeness (QED) is 0.803. The van der Waals surface area contributed by atoms with E-state index in [0.29, 0.717) is 12.4 Å².